The number of furan rings is 1. The second-order valence-electron chi connectivity index (χ2n) is 5.13. The summed E-state index contributed by atoms with van der Waals surface area (Å²) in [5.74, 6) is 1.76. The first kappa shape index (κ1) is 14.1. The largest absolute Gasteiger partial charge is 0.469 e. The van der Waals surface area contributed by atoms with E-state index in [2.05, 4.69) is 16.5 Å². The van der Waals surface area contributed by atoms with Crippen molar-refractivity contribution in [1.82, 2.24) is 9.55 Å². The van der Waals surface area contributed by atoms with Gasteiger partial charge in [-0.15, -0.1) is 11.6 Å². The first-order chi connectivity index (χ1) is 10.2. The van der Waals surface area contributed by atoms with Gasteiger partial charge >= 0.3 is 0 Å². The zero-order valence-electron chi connectivity index (χ0n) is 11.7. The molecule has 5 heteroatoms. The Morgan fingerprint density at radius 2 is 2.24 bits per heavy atom. The highest BCUT2D eigenvalue weighted by molar-refractivity contribution is 6.16. The number of halogens is 2. The molecule has 2 heterocycles. The zero-order chi connectivity index (χ0) is 14.8. The van der Waals surface area contributed by atoms with Crippen molar-refractivity contribution in [3.8, 4) is 0 Å². The van der Waals surface area contributed by atoms with Gasteiger partial charge in [-0.2, -0.15) is 0 Å². The number of imidazole rings is 1. The Kier molecular flexibility index (Phi) is 3.97. The molecule has 110 valence electrons. The Hall–Kier alpha value is -1.81. The maximum absolute atomic E-state index is 13.3. The minimum Gasteiger partial charge on any atom is -0.469 e. The van der Waals surface area contributed by atoms with Crippen LogP contribution in [0.15, 0.2) is 41.0 Å². The smallest absolute Gasteiger partial charge is 0.125 e. The Morgan fingerprint density at radius 1 is 1.38 bits per heavy atom. The van der Waals surface area contributed by atoms with Crippen molar-refractivity contribution in [3.63, 3.8) is 0 Å². The van der Waals surface area contributed by atoms with Gasteiger partial charge in [0.1, 0.15) is 17.4 Å². The van der Waals surface area contributed by atoms with Crippen LogP contribution in [0.4, 0.5) is 4.39 Å². The van der Waals surface area contributed by atoms with Crippen LogP contribution in [0.3, 0.4) is 0 Å². The van der Waals surface area contributed by atoms with Gasteiger partial charge < -0.3 is 8.98 Å². The molecular weight excluding hydrogens is 291 g/mol. The van der Waals surface area contributed by atoms with E-state index in [0.29, 0.717) is 11.4 Å². The molecule has 1 atom stereocenters. The van der Waals surface area contributed by atoms with Crippen LogP contribution in [-0.2, 0) is 12.3 Å². The molecule has 3 rings (SSSR count). The fraction of sp³-hybridized carbons (Fsp3) is 0.312. The van der Waals surface area contributed by atoms with E-state index in [0.717, 1.165) is 29.9 Å². The monoisotopic (exact) mass is 306 g/mol. The number of aromatic nitrogens is 2. The van der Waals surface area contributed by atoms with Crippen LogP contribution in [0.25, 0.3) is 11.0 Å². The lowest BCUT2D eigenvalue weighted by Gasteiger charge is -2.16. The fourth-order valence-electron chi connectivity index (χ4n) is 2.64. The number of rotatable bonds is 5. The van der Waals surface area contributed by atoms with Crippen LogP contribution in [0.5, 0.6) is 0 Å². The maximum atomic E-state index is 13.3. The average molecular weight is 307 g/mol. The summed E-state index contributed by atoms with van der Waals surface area (Å²) in [5, 5.41) is 0. The van der Waals surface area contributed by atoms with E-state index >= 15 is 0 Å². The van der Waals surface area contributed by atoms with E-state index < -0.39 is 0 Å². The molecule has 1 unspecified atom stereocenters. The van der Waals surface area contributed by atoms with Crippen LogP contribution in [0.1, 0.15) is 31.0 Å². The van der Waals surface area contributed by atoms with Gasteiger partial charge in [0.2, 0.25) is 0 Å². The second kappa shape index (κ2) is 5.90. The minimum atomic E-state index is -0.281. The standard InChI is InChI=1S/C16H16ClFN2O/c1-11(4-6-13-3-2-8-21-13)20-15-7-5-12(18)9-14(15)19-16(20)10-17/h2-3,5,7-9,11H,4,6,10H2,1H3. The van der Waals surface area contributed by atoms with Crippen LogP contribution in [0.2, 0.25) is 0 Å². The van der Waals surface area contributed by atoms with Gasteiger partial charge in [0, 0.05) is 18.5 Å². The summed E-state index contributed by atoms with van der Waals surface area (Å²) < 4.78 is 20.8. The molecule has 0 saturated carbocycles. The summed E-state index contributed by atoms with van der Waals surface area (Å²) in [5.41, 5.74) is 1.56. The van der Waals surface area contributed by atoms with Crippen molar-refractivity contribution < 1.29 is 8.81 Å². The Morgan fingerprint density at radius 3 is 2.95 bits per heavy atom. The predicted octanol–water partition coefficient (Wildman–Crippen LogP) is 4.70. The van der Waals surface area contributed by atoms with Gasteiger partial charge in [-0.25, -0.2) is 9.37 Å². The minimum absolute atomic E-state index is 0.208. The van der Waals surface area contributed by atoms with E-state index in [1.165, 1.54) is 12.1 Å². The summed E-state index contributed by atoms with van der Waals surface area (Å²) in [6, 6.07) is 8.73. The van der Waals surface area contributed by atoms with Crippen LogP contribution >= 0.6 is 11.6 Å². The molecule has 3 nitrogen and oxygen atoms in total. The molecule has 0 fully saturated rings. The molecule has 0 amide bonds. The van der Waals surface area contributed by atoms with E-state index in [1.807, 2.05) is 12.1 Å². The Labute approximate surface area is 127 Å². The lowest BCUT2D eigenvalue weighted by atomic mass is 10.1. The predicted molar refractivity (Wildman–Crippen MR) is 81.0 cm³/mol. The topological polar surface area (TPSA) is 31.0 Å². The lowest BCUT2D eigenvalue weighted by molar-refractivity contribution is 0.452. The molecule has 1 aromatic carbocycles. The summed E-state index contributed by atoms with van der Waals surface area (Å²) >= 11 is 5.99. The number of benzene rings is 1. The molecule has 2 aromatic heterocycles. The number of fused-ring (bicyclic) bond motifs is 1. The maximum Gasteiger partial charge on any atom is 0.125 e. The molecule has 3 aromatic rings. The van der Waals surface area contributed by atoms with E-state index in [-0.39, 0.29) is 11.9 Å². The van der Waals surface area contributed by atoms with Crippen molar-refractivity contribution in [2.24, 2.45) is 0 Å². The highest BCUT2D eigenvalue weighted by Gasteiger charge is 2.16. The highest BCUT2D eigenvalue weighted by Crippen LogP contribution is 2.26. The summed E-state index contributed by atoms with van der Waals surface area (Å²) in [6.07, 6.45) is 3.43. The molecule has 0 bridgehead atoms. The molecule has 21 heavy (non-hydrogen) atoms. The van der Waals surface area contributed by atoms with E-state index in [4.69, 9.17) is 16.0 Å². The SMILES string of the molecule is CC(CCc1ccco1)n1c(CCl)nc2cc(F)ccc21. The second-order valence-corrected chi connectivity index (χ2v) is 5.40. The Balaban J connectivity index is 1.90. The quantitative estimate of drug-likeness (QED) is 0.640. The van der Waals surface area contributed by atoms with Crippen molar-refractivity contribution in [2.45, 2.75) is 31.7 Å². The molecule has 0 N–H and O–H groups in total. The third-order valence-electron chi connectivity index (χ3n) is 3.67. The normalized spacial score (nSPS) is 12.9. The molecular formula is C16H16ClFN2O. The van der Waals surface area contributed by atoms with Crippen molar-refractivity contribution >= 4 is 22.6 Å². The van der Waals surface area contributed by atoms with Crippen molar-refractivity contribution in [3.05, 3.63) is 54.0 Å². The molecule has 0 saturated heterocycles. The average Bonchev–Trinajstić information content (AvgIpc) is 3.11. The fourth-order valence-corrected chi connectivity index (χ4v) is 2.83. The lowest BCUT2D eigenvalue weighted by Crippen LogP contribution is -2.09. The number of aryl methyl sites for hydroxylation is 1. The molecule has 0 aliphatic rings. The van der Waals surface area contributed by atoms with Crippen LogP contribution in [0, 0.1) is 5.82 Å². The zero-order valence-corrected chi connectivity index (χ0v) is 12.5. The highest BCUT2D eigenvalue weighted by atomic mass is 35.5. The molecule has 0 radical (unpaired) electrons. The third-order valence-corrected chi connectivity index (χ3v) is 3.91. The van der Waals surface area contributed by atoms with E-state index in [9.17, 15) is 4.39 Å². The molecule has 0 spiro atoms. The van der Waals surface area contributed by atoms with Crippen molar-refractivity contribution in [2.75, 3.05) is 0 Å². The summed E-state index contributed by atoms with van der Waals surface area (Å²) in [4.78, 5) is 4.43. The van der Waals surface area contributed by atoms with Crippen LogP contribution in [-0.4, -0.2) is 9.55 Å². The van der Waals surface area contributed by atoms with Gasteiger partial charge in [0.05, 0.1) is 23.2 Å². The van der Waals surface area contributed by atoms with Gasteiger partial charge in [-0.1, -0.05) is 0 Å². The first-order valence-corrected chi connectivity index (χ1v) is 7.47. The number of alkyl halides is 1. The number of hydrogen-bond donors (Lipinski definition) is 0. The van der Waals surface area contributed by atoms with Gasteiger partial charge in [-0.05, 0) is 37.6 Å². The van der Waals surface area contributed by atoms with Crippen LogP contribution < -0.4 is 0 Å². The Bertz CT molecular complexity index is 736. The van der Waals surface area contributed by atoms with E-state index in [1.54, 1.807) is 12.3 Å². The number of hydrogen-bond acceptors (Lipinski definition) is 2. The molecule has 0 aliphatic carbocycles. The third kappa shape index (κ3) is 2.81. The molecule has 0 aliphatic heterocycles. The van der Waals surface area contributed by atoms with Gasteiger partial charge in [0.25, 0.3) is 0 Å². The van der Waals surface area contributed by atoms with Gasteiger partial charge in [-0.3, -0.25) is 0 Å². The van der Waals surface area contributed by atoms with Gasteiger partial charge in [0.15, 0.2) is 0 Å². The summed E-state index contributed by atoms with van der Waals surface area (Å²) in [7, 11) is 0. The first-order valence-electron chi connectivity index (χ1n) is 6.93. The summed E-state index contributed by atoms with van der Waals surface area (Å²) in [6.45, 7) is 2.11. The van der Waals surface area contributed by atoms with Crippen molar-refractivity contribution in [1.29, 1.82) is 0 Å². The number of nitrogens with zero attached hydrogens (tertiary/aromatic N) is 2.